The number of ether oxygens (including phenoxy) is 2. The van der Waals surface area contributed by atoms with Crippen LogP contribution in [0.25, 0.3) is 11.1 Å². The number of hydrogen-bond donors (Lipinski definition) is 0. The number of carbonyl (C=O) groups excluding carboxylic acids is 1. The van der Waals surface area contributed by atoms with Gasteiger partial charge in [-0.3, -0.25) is 14.3 Å². The van der Waals surface area contributed by atoms with E-state index < -0.39 is 5.82 Å². The van der Waals surface area contributed by atoms with E-state index in [4.69, 9.17) is 32.7 Å². The molecule has 0 fully saturated rings. The molecule has 9 heteroatoms. The summed E-state index contributed by atoms with van der Waals surface area (Å²) in [6.07, 6.45) is 3.85. The molecule has 0 saturated heterocycles. The van der Waals surface area contributed by atoms with Crippen LogP contribution in [0.15, 0.2) is 28.8 Å². The Morgan fingerprint density at radius 2 is 1.93 bits per heavy atom. The lowest BCUT2D eigenvalue weighted by Gasteiger charge is -2.17. The van der Waals surface area contributed by atoms with Gasteiger partial charge in [-0.05, 0) is 38.3 Å². The normalized spacial score (nSPS) is 13.8. The van der Waals surface area contributed by atoms with Gasteiger partial charge in [0.15, 0.2) is 5.78 Å². The smallest absolute Gasteiger partial charge is 0.276 e. The van der Waals surface area contributed by atoms with Gasteiger partial charge in [0.05, 0.1) is 17.2 Å². The molecular weight excluding hydrogens is 434 g/mol. The van der Waals surface area contributed by atoms with E-state index in [1.54, 1.807) is 4.68 Å². The first-order chi connectivity index (χ1) is 14.3. The summed E-state index contributed by atoms with van der Waals surface area (Å²) < 4.78 is 29.2. The molecule has 0 amide bonds. The van der Waals surface area contributed by atoms with Crippen LogP contribution in [0.4, 0.5) is 4.39 Å². The third-order valence-corrected chi connectivity index (χ3v) is 5.36. The Labute approximate surface area is 183 Å². The summed E-state index contributed by atoms with van der Waals surface area (Å²) >= 11 is 12.6. The topological polar surface area (TPSA) is 62.5 Å². The number of carbonyl (C=O) groups is 1. The van der Waals surface area contributed by atoms with E-state index in [0.29, 0.717) is 25.5 Å². The van der Waals surface area contributed by atoms with Crippen LogP contribution in [0, 0.1) is 5.82 Å². The molecule has 0 atom stereocenters. The number of aromatic nitrogens is 2. The molecule has 1 aromatic carbocycles. The zero-order valence-electron chi connectivity index (χ0n) is 16.8. The van der Waals surface area contributed by atoms with E-state index in [2.05, 4.69) is 0 Å². The molecule has 0 spiro atoms. The van der Waals surface area contributed by atoms with Crippen LogP contribution in [0.3, 0.4) is 0 Å². The summed E-state index contributed by atoms with van der Waals surface area (Å²) in [4.78, 5) is 24.2. The number of allylic oxidation sites excluding steroid dienone is 1. The lowest BCUT2D eigenvalue weighted by Crippen LogP contribution is -2.27. The van der Waals surface area contributed by atoms with Crippen molar-refractivity contribution in [3.05, 3.63) is 50.3 Å². The molecule has 2 heterocycles. The quantitative estimate of drug-likeness (QED) is 0.421. The van der Waals surface area contributed by atoms with Crippen molar-refractivity contribution in [2.24, 2.45) is 0 Å². The predicted octanol–water partition coefficient (Wildman–Crippen LogP) is 4.83. The molecule has 6 nitrogen and oxygen atoms in total. The average Bonchev–Trinajstić information content (AvgIpc) is 2.96. The second-order valence-corrected chi connectivity index (χ2v) is 7.81. The molecule has 0 radical (unpaired) electrons. The number of fused-ring (bicyclic) bond motifs is 1. The fourth-order valence-electron chi connectivity index (χ4n) is 3.32. The Morgan fingerprint density at radius 3 is 2.57 bits per heavy atom. The Hall–Kier alpha value is -2.25. The third-order valence-electron chi connectivity index (χ3n) is 4.68. The molecule has 162 valence electrons. The summed E-state index contributed by atoms with van der Waals surface area (Å²) in [5, 5.41) is 0.226. The monoisotopic (exact) mass is 456 g/mol. The number of halogens is 3. The molecule has 0 N–H and O–H groups in total. The van der Waals surface area contributed by atoms with Crippen LogP contribution >= 0.6 is 23.2 Å². The Kier molecular flexibility index (Phi) is 7.26. The van der Waals surface area contributed by atoms with Crippen LogP contribution in [-0.2, 0) is 22.6 Å². The summed E-state index contributed by atoms with van der Waals surface area (Å²) in [5.74, 6) is -0.359. The van der Waals surface area contributed by atoms with Gasteiger partial charge >= 0.3 is 0 Å². The number of ketones is 1. The van der Waals surface area contributed by atoms with Crippen LogP contribution in [0.2, 0.25) is 10.2 Å². The minimum atomic E-state index is -0.670. The van der Waals surface area contributed by atoms with Crippen molar-refractivity contribution in [2.45, 2.75) is 46.2 Å². The molecule has 0 aliphatic carbocycles. The lowest BCUT2D eigenvalue weighted by molar-refractivity contribution is -0.112. The van der Waals surface area contributed by atoms with Crippen molar-refractivity contribution in [2.75, 3.05) is 13.2 Å². The van der Waals surface area contributed by atoms with Gasteiger partial charge < -0.3 is 9.47 Å². The average molecular weight is 457 g/mol. The highest BCUT2D eigenvalue weighted by molar-refractivity contribution is 6.33. The lowest BCUT2D eigenvalue weighted by atomic mass is 10.1. The highest BCUT2D eigenvalue weighted by Crippen LogP contribution is 2.36. The summed E-state index contributed by atoms with van der Waals surface area (Å²) in [6.45, 7) is 4.83. The number of hydrogen-bond acceptors (Lipinski definition) is 4. The van der Waals surface area contributed by atoms with Gasteiger partial charge in [-0.25, -0.2) is 9.07 Å². The standard InChI is InChI=1S/C21H23Cl2FN2O4/c1-3-8-29-14(9-13(2)27)12-30-18-10-15(17(24)11-16(18)22)19-20(23)25-6-4-5-7-26(25)21(19)28/h9-11H,3-8,12H2,1-2H3/b14-9+. The van der Waals surface area contributed by atoms with E-state index in [9.17, 15) is 14.0 Å². The first kappa shape index (κ1) is 22.4. The SMILES string of the molecule is CCCO/C(=C/C(C)=O)COc1cc(-c2c(Cl)n3n(c2=O)CCCC3)c(F)cc1Cl. The van der Waals surface area contributed by atoms with Gasteiger partial charge in [0.25, 0.3) is 5.56 Å². The van der Waals surface area contributed by atoms with Gasteiger partial charge in [0.1, 0.15) is 29.1 Å². The van der Waals surface area contributed by atoms with Crippen molar-refractivity contribution in [1.29, 1.82) is 0 Å². The molecule has 0 unspecified atom stereocenters. The van der Waals surface area contributed by atoms with Crippen molar-refractivity contribution in [3.63, 3.8) is 0 Å². The third kappa shape index (κ3) is 4.73. The fraction of sp³-hybridized carbons (Fsp3) is 0.429. The van der Waals surface area contributed by atoms with Crippen LogP contribution in [0.5, 0.6) is 5.75 Å². The van der Waals surface area contributed by atoms with E-state index in [0.717, 1.165) is 25.3 Å². The molecule has 0 saturated carbocycles. The minimum absolute atomic E-state index is 0.0189. The molecule has 3 rings (SSSR count). The Bertz CT molecular complexity index is 1040. The fourth-order valence-corrected chi connectivity index (χ4v) is 3.88. The highest BCUT2D eigenvalue weighted by Gasteiger charge is 2.25. The molecule has 2 aromatic rings. The van der Waals surface area contributed by atoms with Gasteiger partial charge in [0.2, 0.25) is 0 Å². The summed E-state index contributed by atoms with van der Waals surface area (Å²) in [7, 11) is 0. The summed E-state index contributed by atoms with van der Waals surface area (Å²) in [6, 6.07) is 2.45. The molecule has 1 aromatic heterocycles. The predicted molar refractivity (Wildman–Crippen MR) is 114 cm³/mol. The molecule has 30 heavy (non-hydrogen) atoms. The maximum Gasteiger partial charge on any atom is 0.276 e. The second-order valence-electron chi connectivity index (χ2n) is 7.05. The number of benzene rings is 1. The number of rotatable bonds is 8. The van der Waals surface area contributed by atoms with Crippen molar-refractivity contribution in [1.82, 2.24) is 9.36 Å². The number of nitrogens with zero attached hydrogens (tertiary/aromatic N) is 2. The zero-order valence-corrected chi connectivity index (χ0v) is 18.4. The summed E-state index contributed by atoms with van der Waals surface area (Å²) in [5.41, 5.74) is -0.250. The van der Waals surface area contributed by atoms with E-state index >= 15 is 0 Å². The molecular formula is C21H23Cl2FN2O4. The minimum Gasteiger partial charge on any atom is -0.494 e. The van der Waals surface area contributed by atoms with Gasteiger partial charge in [-0.1, -0.05) is 30.1 Å². The Morgan fingerprint density at radius 1 is 1.23 bits per heavy atom. The van der Waals surface area contributed by atoms with E-state index in [1.807, 2.05) is 6.92 Å². The molecule has 1 aliphatic rings. The molecule has 0 bridgehead atoms. The first-order valence-electron chi connectivity index (χ1n) is 9.78. The largest absolute Gasteiger partial charge is 0.494 e. The first-order valence-corrected chi connectivity index (χ1v) is 10.5. The van der Waals surface area contributed by atoms with Crippen molar-refractivity contribution < 1.29 is 18.7 Å². The second kappa shape index (κ2) is 9.71. The van der Waals surface area contributed by atoms with Crippen molar-refractivity contribution in [3.8, 4) is 16.9 Å². The van der Waals surface area contributed by atoms with Crippen LogP contribution in [-0.4, -0.2) is 28.4 Å². The van der Waals surface area contributed by atoms with Gasteiger partial charge in [-0.2, -0.15) is 0 Å². The van der Waals surface area contributed by atoms with Crippen molar-refractivity contribution >= 4 is 29.0 Å². The Balaban J connectivity index is 1.95. The van der Waals surface area contributed by atoms with Crippen LogP contribution < -0.4 is 10.3 Å². The molecule has 1 aliphatic heterocycles. The maximum atomic E-state index is 14.7. The van der Waals surface area contributed by atoms with Gasteiger partial charge in [-0.15, -0.1) is 0 Å². The van der Waals surface area contributed by atoms with E-state index in [-0.39, 0.29) is 45.0 Å². The zero-order chi connectivity index (χ0) is 21.8. The maximum absolute atomic E-state index is 14.7. The van der Waals surface area contributed by atoms with Crippen LogP contribution in [0.1, 0.15) is 33.1 Å². The van der Waals surface area contributed by atoms with Gasteiger partial charge in [0, 0.05) is 24.7 Å². The van der Waals surface area contributed by atoms with E-state index in [1.165, 1.54) is 23.7 Å². The highest BCUT2D eigenvalue weighted by atomic mass is 35.5.